The van der Waals surface area contributed by atoms with E-state index in [9.17, 15) is 0 Å². The van der Waals surface area contributed by atoms with Gasteiger partial charge in [0.05, 0.1) is 0 Å². The zero-order valence-electron chi connectivity index (χ0n) is 10.0. The molecule has 2 fully saturated rings. The molecule has 0 unspecified atom stereocenters. The quantitative estimate of drug-likeness (QED) is 0.712. The third-order valence-electron chi connectivity index (χ3n) is 3.50. The van der Waals surface area contributed by atoms with E-state index in [0.717, 1.165) is 18.8 Å². The van der Waals surface area contributed by atoms with Crippen LogP contribution in [0.25, 0.3) is 0 Å². The average Bonchev–Trinajstić information content (AvgIpc) is 2.66. The highest BCUT2D eigenvalue weighted by molar-refractivity contribution is 7.80. The lowest BCUT2D eigenvalue weighted by molar-refractivity contribution is 0.414. The summed E-state index contributed by atoms with van der Waals surface area (Å²) in [7, 11) is 2.09. The van der Waals surface area contributed by atoms with Gasteiger partial charge < -0.3 is 10.2 Å². The lowest BCUT2D eigenvalue weighted by Gasteiger charge is -2.23. The van der Waals surface area contributed by atoms with Crippen LogP contribution in [0.2, 0.25) is 0 Å². The Morgan fingerprint density at radius 3 is 2.69 bits per heavy atom. The van der Waals surface area contributed by atoms with Crippen LogP contribution in [0, 0.1) is 0 Å². The van der Waals surface area contributed by atoms with E-state index < -0.39 is 0 Å². The van der Waals surface area contributed by atoms with Crippen molar-refractivity contribution in [2.75, 3.05) is 13.6 Å². The third-order valence-corrected chi connectivity index (χ3v) is 3.71. The van der Waals surface area contributed by atoms with Gasteiger partial charge in [0, 0.05) is 26.1 Å². The van der Waals surface area contributed by atoms with Crippen LogP contribution in [0.4, 0.5) is 0 Å². The molecule has 0 aromatic rings. The van der Waals surface area contributed by atoms with Gasteiger partial charge in [-0.05, 0) is 31.5 Å². The van der Waals surface area contributed by atoms with Gasteiger partial charge in [0.1, 0.15) is 5.84 Å². The Labute approximate surface area is 103 Å². The molecule has 1 saturated carbocycles. The van der Waals surface area contributed by atoms with Gasteiger partial charge in [0.2, 0.25) is 0 Å². The first-order valence-corrected chi connectivity index (χ1v) is 6.76. The summed E-state index contributed by atoms with van der Waals surface area (Å²) in [6, 6.07) is 0.567. The Bertz CT molecular complexity index is 282. The fourth-order valence-electron chi connectivity index (χ4n) is 2.51. The van der Waals surface area contributed by atoms with E-state index in [1.165, 1.54) is 38.5 Å². The summed E-state index contributed by atoms with van der Waals surface area (Å²) in [4.78, 5) is 6.72. The van der Waals surface area contributed by atoms with Crippen LogP contribution in [-0.4, -0.2) is 35.5 Å². The number of likely N-dealkylation sites (tertiary alicyclic amines) is 1. The third kappa shape index (κ3) is 3.17. The average molecular weight is 239 g/mol. The van der Waals surface area contributed by atoms with E-state index in [1.54, 1.807) is 0 Å². The number of hydrogen-bond acceptors (Lipinski definition) is 1. The topological polar surface area (TPSA) is 27.6 Å². The SMILES string of the molecule is CN1CCCC1=NC(=S)NC1CCCCC1. The zero-order chi connectivity index (χ0) is 11.4. The van der Waals surface area contributed by atoms with Crippen LogP contribution in [0.15, 0.2) is 4.99 Å². The molecular formula is C12H21N3S. The van der Waals surface area contributed by atoms with Gasteiger partial charge >= 0.3 is 0 Å². The first-order valence-electron chi connectivity index (χ1n) is 6.35. The number of nitrogens with zero attached hydrogens (tertiary/aromatic N) is 2. The number of amidine groups is 1. The zero-order valence-corrected chi connectivity index (χ0v) is 10.9. The van der Waals surface area contributed by atoms with Gasteiger partial charge in [-0.25, -0.2) is 4.99 Å². The van der Waals surface area contributed by atoms with Crippen molar-refractivity contribution in [3.05, 3.63) is 0 Å². The minimum absolute atomic E-state index is 0.567. The van der Waals surface area contributed by atoms with Gasteiger partial charge in [0.25, 0.3) is 0 Å². The van der Waals surface area contributed by atoms with Crippen LogP contribution in [0.3, 0.4) is 0 Å². The van der Waals surface area contributed by atoms with E-state index in [-0.39, 0.29) is 0 Å². The molecular weight excluding hydrogens is 218 g/mol. The molecule has 0 bridgehead atoms. The molecule has 0 aromatic carbocycles. The molecule has 2 aliphatic rings. The molecule has 0 aromatic heterocycles. The Kier molecular flexibility index (Phi) is 4.16. The van der Waals surface area contributed by atoms with Crippen molar-refractivity contribution in [3.8, 4) is 0 Å². The van der Waals surface area contributed by atoms with E-state index in [4.69, 9.17) is 12.2 Å². The number of aliphatic imine (C=N–C) groups is 1. The van der Waals surface area contributed by atoms with E-state index in [0.29, 0.717) is 11.2 Å². The summed E-state index contributed by atoms with van der Waals surface area (Å²) < 4.78 is 0. The molecule has 1 heterocycles. The number of hydrogen-bond donors (Lipinski definition) is 1. The minimum atomic E-state index is 0.567. The highest BCUT2D eigenvalue weighted by atomic mass is 32.1. The molecule has 0 amide bonds. The molecule has 0 atom stereocenters. The summed E-state index contributed by atoms with van der Waals surface area (Å²) in [5.41, 5.74) is 0. The Balaban J connectivity index is 1.83. The van der Waals surface area contributed by atoms with E-state index >= 15 is 0 Å². The molecule has 3 nitrogen and oxygen atoms in total. The fourth-order valence-corrected chi connectivity index (χ4v) is 2.78. The maximum atomic E-state index is 5.30. The van der Waals surface area contributed by atoms with Crippen LogP contribution < -0.4 is 5.32 Å². The Hall–Kier alpha value is -0.640. The largest absolute Gasteiger partial charge is 0.363 e. The van der Waals surface area contributed by atoms with Crippen molar-refractivity contribution in [3.63, 3.8) is 0 Å². The maximum Gasteiger partial charge on any atom is 0.194 e. The highest BCUT2D eigenvalue weighted by Crippen LogP contribution is 2.17. The highest BCUT2D eigenvalue weighted by Gasteiger charge is 2.17. The molecule has 4 heteroatoms. The van der Waals surface area contributed by atoms with Gasteiger partial charge in [-0.3, -0.25) is 0 Å². The molecule has 1 N–H and O–H groups in total. The van der Waals surface area contributed by atoms with E-state index in [2.05, 4.69) is 22.3 Å². The Morgan fingerprint density at radius 2 is 2.06 bits per heavy atom. The van der Waals surface area contributed by atoms with Crippen LogP contribution in [-0.2, 0) is 0 Å². The Morgan fingerprint density at radius 1 is 1.31 bits per heavy atom. The van der Waals surface area contributed by atoms with Crippen molar-refractivity contribution in [2.45, 2.75) is 51.0 Å². The monoisotopic (exact) mass is 239 g/mol. The predicted octanol–water partition coefficient (Wildman–Crippen LogP) is 2.32. The summed E-state index contributed by atoms with van der Waals surface area (Å²) in [6.45, 7) is 1.12. The van der Waals surface area contributed by atoms with Crippen molar-refractivity contribution < 1.29 is 0 Å². The second-order valence-electron chi connectivity index (χ2n) is 4.84. The molecule has 1 aliphatic heterocycles. The molecule has 16 heavy (non-hydrogen) atoms. The summed E-state index contributed by atoms with van der Waals surface area (Å²) in [5.74, 6) is 1.15. The molecule has 90 valence electrons. The standard InChI is InChI=1S/C12H21N3S/c1-15-9-5-8-11(15)14-12(16)13-10-6-3-2-4-7-10/h10H,2-9H2,1H3,(H,13,16). The molecule has 2 rings (SSSR count). The molecule has 0 radical (unpaired) electrons. The molecule has 1 aliphatic carbocycles. The van der Waals surface area contributed by atoms with Crippen molar-refractivity contribution >= 4 is 23.2 Å². The van der Waals surface area contributed by atoms with Gasteiger partial charge in [-0.2, -0.15) is 0 Å². The van der Waals surface area contributed by atoms with Crippen LogP contribution >= 0.6 is 12.2 Å². The maximum absolute atomic E-state index is 5.30. The first kappa shape index (κ1) is 11.8. The summed E-state index contributed by atoms with van der Waals surface area (Å²) >= 11 is 5.30. The second kappa shape index (κ2) is 5.62. The van der Waals surface area contributed by atoms with Crippen LogP contribution in [0.1, 0.15) is 44.9 Å². The molecule has 1 saturated heterocycles. The first-order chi connectivity index (χ1) is 7.75. The van der Waals surface area contributed by atoms with Crippen molar-refractivity contribution in [1.29, 1.82) is 0 Å². The van der Waals surface area contributed by atoms with Gasteiger partial charge in [-0.15, -0.1) is 0 Å². The van der Waals surface area contributed by atoms with Crippen molar-refractivity contribution in [2.24, 2.45) is 4.99 Å². The number of nitrogens with one attached hydrogen (secondary N) is 1. The minimum Gasteiger partial charge on any atom is -0.363 e. The lowest BCUT2D eigenvalue weighted by Crippen LogP contribution is -2.35. The molecule has 0 spiro atoms. The second-order valence-corrected chi connectivity index (χ2v) is 5.22. The normalized spacial score (nSPS) is 25.1. The summed E-state index contributed by atoms with van der Waals surface area (Å²) in [6.07, 6.45) is 8.82. The lowest BCUT2D eigenvalue weighted by atomic mass is 9.96. The van der Waals surface area contributed by atoms with Crippen LogP contribution in [0.5, 0.6) is 0 Å². The predicted molar refractivity (Wildman–Crippen MR) is 71.9 cm³/mol. The number of rotatable bonds is 1. The summed E-state index contributed by atoms with van der Waals surface area (Å²) in [5, 5.41) is 4.07. The van der Waals surface area contributed by atoms with Crippen molar-refractivity contribution in [1.82, 2.24) is 10.2 Å². The smallest absolute Gasteiger partial charge is 0.194 e. The van der Waals surface area contributed by atoms with E-state index in [1.807, 2.05) is 0 Å². The number of thiocarbonyl (C=S) groups is 1. The fraction of sp³-hybridized carbons (Fsp3) is 0.833. The van der Waals surface area contributed by atoms with Gasteiger partial charge in [0.15, 0.2) is 5.11 Å². The van der Waals surface area contributed by atoms with Gasteiger partial charge in [-0.1, -0.05) is 19.3 Å².